The van der Waals surface area contributed by atoms with Crippen LogP contribution >= 0.6 is 0 Å². The lowest BCUT2D eigenvalue weighted by Gasteiger charge is -2.25. The molecular weight excluding hydrogens is 392 g/mol. The van der Waals surface area contributed by atoms with Crippen LogP contribution in [0.3, 0.4) is 0 Å². The first-order valence-corrected chi connectivity index (χ1v) is 12.1. The lowest BCUT2D eigenvalue weighted by atomic mass is 9.89. The van der Waals surface area contributed by atoms with Gasteiger partial charge in [-0.1, -0.05) is 25.7 Å². The minimum Gasteiger partial charge on any atom is -0.354 e. The van der Waals surface area contributed by atoms with Crippen molar-refractivity contribution in [2.45, 2.75) is 56.3 Å². The van der Waals surface area contributed by atoms with Crippen LogP contribution in [0.2, 0.25) is 0 Å². The standard InChI is InChI=1S/C20H32N4O4S/c1-23-15-17(29(27,28)24-12-6-3-7-13-24)14-18(23)20(26)22-11-10-21-19(25)16-8-4-2-5-9-16/h14-16H,2-13H2,1H3,(H,21,25)(H,22,26). The van der Waals surface area contributed by atoms with Gasteiger partial charge >= 0.3 is 0 Å². The number of amides is 2. The van der Waals surface area contributed by atoms with Crippen molar-refractivity contribution in [3.8, 4) is 0 Å². The Morgan fingerprint density at radius 1 is 1.00 bits per heavy atom. The summed E-state index contributed by atoms with van der Waals surface area (Å²) in [5.74, 6) is -0.192. The van der Waals surface area contributed by atoms with E-state index >= 15 is 0 Å². The first-order chi connectivity index (χ1) is 13.9. The number of nitrogens with one attached hydrogen (secondary N) is 2. The van der Waals surface area contributed by atoms with Crippen LogP contribution in [0.1, 0.15) is 61.9 Å². The highest BCUT2D eigenvalue weighted by Crippen LogP contribution is 2.24. The number of sulfonamides is 1. The molecule has 2 fully saturated rings. The van der Waals surface area contributed by atoms with Crippen molar-refractivity contribution in [2.75, 3.05) is 26.2 Å². The lowest BCUT2D eigenvalue weighted by molar-refractivity contribution is -0.125. The lowest BCUT2D eigenvalue weighted by Crippen LogP contribution is -2.38. The number of hydrogen-bond donors (Lipinski definition) is 2. The third-order valence-corrected chi connectivity index (χ3v) is 7.72. The number of nitrogens with zero attached hydrogens (tertiary/aromatic N) is 2. The highest BCUT2D eigenvalue weighted by Gasteiger charge is 2.28. The summed E-state index contributed by atoms with van der Waals surface area (Å²) in [6, 6.07) is 1.43. The molecule has 29 heavy (non-hydrogen) atoms. The Balaban J connectivity index is 1.51. The fourth-order valence-corrected chi connectivity index (χ4v) is 5.71. The second-order valence-electron chi connectivity index (χ2n) is 8.02. The maximum absolute atomic E-state index is 12.8. The van der Waals surface area contributed by atoms with Gasteiger partial charge in [0.15, 0.2) is 0 Å². The van der Waals surface area contributed by atoms with Crippen LogP contribution < -0.4 is 10.6 Å². The van der Waals surface area contributed by atoms with E-state index in [2.05, 4.69) is 10.6 Å². The van der Waals surface area contributed by atoms with Crippen LogP contribution in [0, 0.1) is 5.92 Å². The summed E-state index contributed by atoms with van der Waals surface area (Å²) in [5.41, 5.74) is 0.291. The molecule has 0 atom stereocenters. The minimum absolute atomic E-state index is 0.0627. The molecule has 2 aliphatic rings. The van der Waals surface area contributed by atoms with Crippen molar-refractivity contribution < 1.29 is 18.0 Å². The summed E-state index contributed by atoms with van der Waals surface area (Å²) in [4.78, 5) is 24.8. The smallest absolute Gasteiger partial charge is 0.268 e. The summed E-state index contributed by atoms with van der Waals surface area (Å²) in [6.45, 7) is 1.72. The molecule has 2 N–H and O–H groups in total. The summed E-state index contributed by atoms with van der Waals surface area (Å²) in [5, 5.41) is 5.64. The SMILES string of the molecule is Cn1cc(S(=O)(=O)N2CCCCC2)cc1C(=O)NCCNC(=O)C1CCCCC1. The number of carbonyl (C=O) groups excluding carboxylic acids is 2. The van der Waals surface area contributed by atoms with Gasteiger partial charge in [0.05, 0.1) is 0 Å². The zero-order valence-electron chi connectivity index (χ0n) is 17.2. The maximum Gasteiger partial charge on any atom is 0.268 e. The van der Waals surface area contributed by atoms with E-state index in [0.29, 0.717) is 31.9 Å². The maximum atomic E-state index is 12.8. The number of rotatable bonds is 7. The Labute approximate surface area is 173 Å². The topological polar surface area (TPSA) is 101 Å². The Morgan fingerprint density at radius 3 is 2.31 bits per heavy atom. The van der Waals surface area contributed by atoms with E-state index in [0.717, 1.165) is 44.9 Å². The molecule has 1 aromatic rings. The van der Waals surface area contributed by atoms with Gasteiger partial charge in [0.25, 0.3) is 5.91 Å². The van der Waals surface area contributed by atoms with Gasteiger partial charge in [0.1, 0.15) is 10.6 Å². The largest absolute Gasteiger partial charge is 0.354 e. The Kier molecular flexibility index (Phi) is 7.34. The molecule has 8 nitrogen and oxygen atoms in total. The highest BCUT2D eigenvalue weighted by atomic mass is 32.2. The van der Waals surface area contributed by atoms with Gasteiger partial charge in [-0.3, -0.25) is 9.59 Å². The van der Waals surface area contributed by atoms with Gasteiger partial charge in [0.2, 0.25) is 15.9 Å². The summed E-state index contributed by atoms with van der Waals surface area (Å²) >= 11 is 0. The normalized spacial score (nSPS) is 19.1. The molecule has 1 saturated carbocycles. The van der Waals surface area contributed by atoms with Crippen LogP contribution in [-0.4, -0.2) is 55.3 Å². The molecular formula is C20H32N4O4S. The van der Waals surface area contributed by atoms with Crippen LogP contribution in [0.5, 0.6) is 0 Å². The van der Waals surface area contributed by atoms with E-state index in [1.54, 1.807) is 7.05 Å². The molecule has 162 valence electrons. The number of hydrogen-bond acceptors (Lipinski definition) is 4. The van der Waals surface area contributed by atoms with Gasteiger partial charge in [-0.25, -0.2) is 8.42 Å². The summed E-state index contributed by atoms with van der Waals surface area (Å²) in [6.07, 6.45) is 9.56. The zero-order valence-corrected chi connectivity index (χ0v) is 18.0. The Morgan fingerprint density at radius 2 is 1.62 bits per heavy atom. The molecule has 0 bridgehead atoms. The van der Waals surface area contributed by atoms with Crippen molar-refractivity contribution in [3.63, 3.8) is 0 Å². The molecule has 2 heterocycles. The Bertz CT molecular complexity index is 822. The molecule has 1 aliphatic carbocycles. The molecule has 1 aliphatic heterocycles. The second-order valence-corrected chi connectivity index (χ2v) is 9.96. The quantitative estimate of drug-likeness (QED) is 0.650. The van der Waals surface area contributed by atoms with Crippen LogP contribution in [0.25, 0.3) is 0 Å². The number of piperidine rings is 1. The van der Waals surface area contributed by atoms with Crippen molar-refractivity contribution in [2.24, 2.45) is 13.0 Å². The third kappa shape index (κ3) is 5.39. The summed E-state index contributed by atoms with van der Waals surface area (Å²) in [7, 11) is -1.91. The fraction of sp³-hybridized carbons (Fsp3) is 0.700. The van der Waals surface area contributed by atoms with E-state index in [-0.39, 0.29) is 22.6 Å². The van der Waals surface area contributed by atoms with Crippen LogP contribution in [0.15, 0.2) is 17.2 Å². The predicted molar refractivity (Wildman–Crippen MR) is 110 cm³/mol. The van der Waals surface area contributed by atoms with E-state index in [9.17, 15) is 18.0 Å². The van der Waals surface area contributed by atoms with E-state index < -0.39 is 10.0 Å². The van der Waals surface area contributed by atoms with E-state index in [1.807, 2.05) is 0 Å². The molecule has 0 spiro atoms. The van der Waals surface area contributed by atoms with Crippen LogP contribution in [-0.2, 0) is 21.9 Å². The third-order valence-electron chi connectivity index (χ3n) is 5.85. The van der Waals surface area contributed by atoms with Crippen molar-refractivity contribution >= 4 is 21.8 Å². The van der Waals surface area contributed by atoms with Gasteiger partial charge in [-0.05, 0) is 31.7 Å². The highest BCUT2D eigenvalue weighted by molar-refractivity contribution is 7.89. The number of aromatic nitrogens is 1. The van der Waals surface area contributed by atoms with Crippen molar-refractivity contribution in [1.29, 1.82) is 0 Å². The zero-order chi connectivity index (χ0) is 20.9. The molecule has 1 aromatic heterocycles. The first kappa shape index (κ1) is 21.8. The first-order valence-electron chi connectivity index (χ1n) is 10.6. The minimum atomic E-state index is -3.57. The molecule has 9 heteroatoms. The second kappa shape index (κ2) is 9.75. The van der Waals surface area contributed by atoms with Crippen LogP contribution in [0.4, 0.5) is 0 Å². The fourth-order valence-electron chi connectivity index (χ4n) is 4.12. The van der Waals surface area contributed by atoms with Gasteiger partial charge in [-0.2, -0.15) is 4.31 Å². The van der Waals surface area contributed by atoms with Crippen molar-refractivity contribution in [3.05, 3.63) is 18.0 Å². The van der Waals surface area contributed by atoms with E-state index in [1.165, 1.54) is 27.6 Å². The van der Waals surface area contributed by atoms with E-state index in [4.69, 9.17) is 0 Å². The average molecular weight is 425 g/mol. The van der Waals surface area contributed by atoms with Gasteiger partial charge in [0, 0.05) is 45.3 Å². The molecule has 3 rings (SSSR count). The molecule has 0 unspecified atom stereocenters. The molecule has 0 radical (unpaired) electrons. The summed E-state index contributed by atoms with van der Waals surface area (Å²) < 4.78 is 28.6. The predicted octanol–water partition coefficient (Wildman–Crippen LogP) is 1.63. The Hall–Kier alpha value is -1.87. The van der Waals surface area contributed by atoms with Gasteiger partial charge in [-0.15, -0.1) is 0 Å². The molecule has 2 amide bonds. The molecule has 1 saturated heterocycles. The van der Waals surface area contributed by atoms with Crippen molar-refractivity contribution in [1.82, 2.24) is 19.5 Å². The molecule has 0 aromatic carbocycles. The monoisotopic (exact) mass is 424 g/mol. The van der Waals surface area contributed by atoms with Gasteiger partial charge < -0.3 is 15.2 Å². The number of carbonyl (C=O) groups is 2. The number of aryl methyl sites for hydroxylation is 1. The average Bonchev–Trinajstić information content (AvgIpc) is 3.14.